The number of benzene rings is 1. The molecule has 1 aromatic carbocycles. The fourth-order valence-electron chi connectivity index (χ4n) is 1.77. The van der Waals surface area contributed by atoms with Gasteiger partial charge >= 0.3 is 5.97 Å². The molecule has 88 valence electrons. The van der Waals surface area contributed by atoms with E-state index in [2.05, 4.69) is 0 Å². The summed E-state index contributed by atoms with van der Waals surface area (Å²) in [5, 5.41) is 8.74. The van der Waals surface area contributed by atoms with Crippen LogP contribution in [0, 0.1) is 6.92 Å². The predicted octanol–water partition coefficient (Wildman–Crippen LogP) is 3.12. The number of halogens is 2. The van der Waals surface area contributed by atoms with Crippen molar-refractivity contribution in [1.29, 1.82) is 0 Å². The van der Waals surface area contributed by atoms with E-state index in [4.69, 9.17) is 5.11 Å². The molecule has 0 spiro atoms. The van der Waals surface area contributed by atoms with Crippen molar-refractivity contribution < 1.29 is 18.7 Å². The summed E-state index contributed by atoms with van der Waals surface area (Å²) in [4.78, 5) is 10.7. The van der Waals surface area contributed by atoms with Gasteiger partial charge in [0, 0.05) is 5.56 Å². The minimum atomic E-state index is -2.51. The standard InChI is InChI=1S/C12H14F2O2/c1-3-8-5-9(12(13)14)4-7(2)10(8)6-11(15)16/h4-5,12H,3,6H2,1-2H3,(H,15,16). The van der Waals surface area contributed by atoms with Gasteiger partial charge in [-0.2, -0.15) is 0 Å². The van der Waals surface area contributed by atoms with Gasteiger partial charge in [-0.3, -0.25) is 4.79 Å². The molecule has 0 aliphatic rings. The van der Waals surface area contributed by atoms with E-state index in [1.807, 2.05) is 6.92 Å². The smallest absolute Gasteiger partial charge is 0.307 e. The van der Waals surface area contributed by atoms with Gasteiger partial charge in [0.25, 0.3) is 6.43 Å². The monoisotopic (exact) mass is 228 g/mol. The van der Waals surface area contributed by atoms with Gasteiger partial charge < -0.3 is 5.11 Å². The molecule has 0 radical (unpaired) electrons. The number of hydrogen-bond donors (Lipinski definition) is 1. The lowest BCUT2D eigenvalue weighted by Gasteiger charge is -2.12. The van der Waals surface area contributed by atoms with E-state index in [0.717, 1.165) is 0 Å². The number of carboxylic acid groups (broad SMARTS) is 1. The Balaban J connectivity index is 3.22. The molecule has 0 amide bonds. The van der Waals surface area contributed by atoms with Gasteiger partial charge in [-0.15, -0.1) is 0 Å². The number of aliphatic carboxylic acids is 1. The van der Waals surface area contributed by atoms with Crippen molar-refractivity contribution in [2.24, 2.45) is 0 Å². The third-order valence-electron chi connectivity index (χ3n) is 2.55. The van der Waals surface area contributed by atoms with E-state index in [1.165, 1.54) is 12.1 Å². The first-order chi connectivity index (χ1) is 7.45. The summed E-state index contributed by atoms with van der Waals surface area (Å²) in [6.07, 6.45) is -2.06. The summed E-state index contributed by atoms with van der Waals surface area (Å²) in [7, 11) is 0. The molecule has 0 bridgehead atoms. The summed E-state index contributed by atoms with van der Waals surface area (Å²) in [5.41, 5.74) is 1.93. The van der Waals surface area contributed by atoms with Crippen LogP contribution in [-0.4, -0.2) is 11.1 Å². The van der Waals surface area contributed by atoms with E-state index < -0.39 is 12.4 Å². The van der Waals surface area contributed by atoms with Gasteiger partial charge in [-0.1, -0.05) is 13.0 Å². The van der Waals surface area contributed by atoms with Gasteiger partial charge in [-0.25, -0.2) is 8.78 Å². The molecule has 0 heterocycles. The quantitative estimate of drug-likeness (QED) is 0.859. The fourth-order valence-corrected chi connectivity index (χ4v) is 1.77. The van der Waals surface area contributed by atoms with Crippen LogP contribution in [0.4, 0.5) is 8.78 Å². The van der Waals surface area contributed by atoms with Crippen molar-refractivity contribution in [3.8, 4) is 0 Å². The number of alkyl halides is 2. The first-order valence-corrected chi connectivity index (χ1v) is 5.08. The number of aryl methyl sites for hydroxylation is 2. The third-order valence-corrected chi connectivity index (χ3v) is 2.55. The predicted molar refractivity (Wildman–Crippen MR) is 56.9 cm³/mol. The Morgan fingerprint density at radius 3 is 2.50 bits per heavy atom. The lowest BCUT2D eigenvalue weighted by molar-refractivity contribution is -0.136. The van der Waals surface area contributed by atoms with Crippen LogP contribution in [0.2, 0.25) is 0 Å². The van der Waals surface area contributed by atoms with Crippen molar-refractivity contribution in [3.63, 3.8) is 0 Å². The van der Waals surface area contributed by atoms with E-state index in [9.17, 15) is 13.6 Å². The normalized spacial score (nSPS) is 10.8. The molecule has 0 aliphatic carbocycles. The highest BCUT2D eigenvalue weighted by Gasteiger charge is 2.14. The van der Waals surface area contributed by atoms with Crippen LogP contribution in [0.3, 0.4) is 0 Å². The highest BCUT2D eigenvalue weighted by atomic mass is 19.3. The molecule has 0 saturated heterocycles. The second-order valence-corrected chi connectivity index (χ2v) is 3.70. The Morgan fingerprint density at radius 2 is 2.06 bits per heavy atom. The summed E-state index contributed by atoms with van der Waals surface area (Å²) in [6.45, 7) is 3.50. The minimum absolute atomic E-state index is 0.0384. The van der Waals surface area contributed by atoms with Crippen molar-refractivity contribution in [2.45, 2.75) is 33.1 Å². The average molecular weight is 228 g/mol. The van der Waals surface area contributed by atoms with Crippen LogP contribution in [0.5, 0.6) is 0 Å². The third kappa shape index (κ3) is 2.78. The molecule has 0 unspecified atom stereocenters. The molecule has 0 saturated carbocycles. The zero-order valence-corrected chi connectivity index (χ0v) is 9.26. The van der Waals surface area contributed by atoms with Gasteiger partial charge in [0.05, 0.1) is 6.42 Å². The Hall–Kier alpha value is -1.45. The zero-order chi connectivity index (χ0) is 12.3. The summed E-state index contributed by atoms with van der Waals surface area (Å²) in [5.74, 6) is -0.942. The summed E-state index contributed by atoms with van der Waals surface area (Å²) in [6, 6.07) is 2.76. The average Bonchev–Trinajstić information content (AvgIpc) is 2.19. The maximum Gasteiger partial charge on any atom is 0.307 e. The molecule has 0 fully saturated rings. The van der Waals surface area contributed by atoms with Crippen molar-refractivity contribution in [1.82, 2.24) is 0 Å². The minimum Gasteiger partial charge on any atom is -0.481 e. The first kappa shape index (κ1) is 12.6. The lowest BCUT2D eigenvalue weighted by Crippen LogP contribution is -2.06. The molecule has 2 nitrogen and oxygen atoms in total. The molecule has 4 heteroatoms. The van der Waals surface area contributed by atoms with Crippen LogP contribution in [0.25, 0.3) is 0 Å². The van der Waals surface area contributed by atoms with Crippen LogP contribution in [0.15, 0.2) is 12.1 Å². The summed E-state index contributed by atoms with van der Waals surface area (Å²) >= 11 is 0. The first-order valence-electron chi connectivity index (χ1n) is 5.08. The van der Waals surface area contributed by atoms with Crippen molar-refractivity contribution in [2.75, 3.05) is 0 Å². The zero-order valence-electron chi connectivity index (χ0n) is 9.26. The topological polar surface area (TPSA) is 37.3 Å². The Bertz CT molecular complexity index is 400. The largest absolute Gasteiger partial charge is 0.481 e. The molecular weight excluding hydrogens is 214 g/mol. The molecule has 0 atom stereocenters. The van der Waals surface area contributed by atoms with Gasteiger partial charge in [0.2, 0.25) is 0 Å². The highest BCUT2D eigenvalue weighted by Crippen LogP contribution is 2.25. The molecule has 0 aromatic heterocycles. The fraction of sp³-hybridized carbons (Fsp3) is 0.417. The number of rotatable bonds is 4. The van der Waals surface area contributed by atoms with Crippen LogP contribution in [-0.2, 0) is 17.6 Å². The van der Waals surface area contributed by atoms with Crippen LogP contribution < -0.4 is 0 Å². The van der Waals surface area contributed by atoms with Gasteiger partial charge in [0.15, 0.2) is 0 Å². The van der Waals surface area contributed by atoms with E-state index in [1.54, 1.807) is 6.92 Å². The summed E-state index contributed by atoms with van der Waals surface area (Å²) < 4.78 is 25.1. The molecule has 0 aliphatic heterocycles. The Morgan fingerprint density at radius 1 is 1.44 bits per heavy atom. The molecule has 1 rings (SSSR count). The number of hydrogen-bond acceptors (Lipinski definition) is 1. The molecular formula is C12H14F2O2. The lowest BCUT2D eigenvalue weighted by atomic mass is 9.95. The highest BCUT2D eigenvalue weighted by molar-refractivity contribution is 5.71. The Labute approximate surface area is 92.9 Å². The van der Waals surface area contributed by atoms with Gasteiger partial charge in [0.1, 0.15) is 0 Å². The SMILES string of the molecule is CCc1cc(C(F)F)cc(C)c1CC(=O)O. The van der Waals surface area contributed by atoms with E-state index in [0.29, 0.717) is 23.1 Å². The van der Waals surface area contributed by atoms with Crippen LogP contribution in [0.1, 0.15) is 35.6 Å². The van der Waals surface area contributed by atoms with E-state index in [-0.39, 0.29) is 12.0 Å². The van der Waals surface area contributed by atoms with Crippen molar-refractivity contribution >= 4 is 5.97 Å². The van der Waals surface area contributed by atoms with Gasteiger partial charge in [-0.05, 0) is 36.1 Å². The van der Waals surface area contributed by atoms with Crippen LogP contribution >= 0.6 is 0 Å². The molecule has 16 heavy (non-hydrogen) atoms. The maximum atomic E-state index is 12.5. The number of carbonyl (C=O) groups is 1. The number of carboxylic acids is 1. The Kier molecular flexibility index (Phi) is 3.99. The molecule has 1 aromatic rings. The molecule has 1 N–H and O–H groups in total. The second kappa shape index (κ2) is 5.05. The van der Waals surface area contributed by atoms with Crippen molar-refractivity contribution in [3.05, 3.63) is 34.4 Å². The maximum absolute atomic E-state index is 12.5. The second-order valence-electron chi connectivity index (χ2n) is 3.70. The van der Waals surface area contributed by atoms with E-state index >= 15 is 0 Å².